The molecule has 0 aromatic carbocycles. The van der Waals surface area contributed by atoms with Crippen LogP contribution in [0, 0.1) is 17.9 Å². The number of hydrogen-bond acceptors (Lipinski definition) is 0. The van der Waals surface area contributed by atoms with Crippen molar-refractivity contribution in [3.8, 4) is 0 Å². The van der Waals surface area contributed by atoms with Gasteiger partial charge in [-0.25, -0.2) is 0 Å². The van der Waals surface area contributed by atoms with Gasteiger partial charge in [0.05, 0.1) is 0 Å². The molecule has 59 valence electrons. The first kappa shape index (κ1) is 9.74. The van der Waals surface area contributed by atoms with Crippen LogP contribution in [-0.4, -0.2) is 0 Å². The van der Waals surface area contributed by atoms with Crippen LogP contribution in [0.15, 0.2) is 6.08 Å². The SMILES string of the molecule is [CH]=CC(C)C(C)(C)CCC. The fourth-order valence-electron chi connectivity index (χ4n) is 1.13. The predicted molar refractivity (Wildman–Crippen MR) is 46.7 cm³/mol. The molecule has 0 aliphatic carbocycles. The Labute approximate surface area is 65.3 Å². The molecule has 0 spiro atoms. The van der Waals surface area contributed by atoms with E-state index in [0.717, 1.165) is 0 Å². The fourth-order valence-corrected chi connectivity index (χ4v) is 1.13. The van der Waals surface area contributed by atoms with Gasteiger partial charge in [0, 0.05) is 0 Å². The van der Waals surface area contributed by atoms with E-state index in [9.17, 15) is 0 Å². The molecule has 0 aromatic heterocycles. The van der Waals surface area contributed by atoms with E-state index >= 15 is 0 Å². The summed E-state index contributed by atoms with van der Waals surface area (Å²) in [4.78, 5) is 0. The predicted octanol–water partition coefficient (Wildman–Crippen LogP) is 3.44. The molecule has 0 rings (SSSR count). The summed E-state index contributed by atoms with van der Waals surface area (Å²) >= 11 is 0. The van der Waals surface area contributed by atoms with Crippen molar-refractivity contribution < 1.29 is 0 Å². The molecule has 0 aliphatic heterocycles. The average Bonchev–Trinajstić information content (AvgIpc) is 1.86. The zero-order chi connectivity index (χ0) is 8.20. The molecule has 0 nitrogen and oxygen atoms in total. The molecule has 0 heteroatoms. The van der Waals surface area contributed by atoms with Crippen molar-refractivity contribution in [3.63, 3.8) is 0 Å². The molecule has 0 aliphatic rings. The van der Waals surface area contributed by atoms with Crippen LogP contribution in [0.25, 0.3) is 0 Å². The molecule has 0 heterocycles. The molecule has 0 amide bonds. The highest BCUT2D eigenvalue weighted by molar-refractivity contribution is 4.85. The van der Waals surface area contributed by atoms with Crippen LogP contribution in [0.5, 0.6) is 0 Å². The number of rotatable bonds is 4. The van der Waals surface area contributed by atoms with E-state index in [0.29, 0.717) is 11.3 Å². The molecule has 1 radical (unpaired) electrons. The fraction of sp³-hybridized carbons (Fsp3) is 0.800. The van der Waals surface area contributed by atoms with Crippen LogP contribution in [-0.2, 0) is 0 Å². The second-order valence-electron chi connectivity index (χ2n) is 3.72. The normalized spacial score (nSPS) is 14.8. The van der Waals surface area contributed by atoms with Crippen LogP contribution in [0.4, 0.5) is 0 Å². The summed E-state index contributed by atoms with van der Waals surface area (Å²) in [5.74, 6) is 0.521. The average molecular weight is 139 g/mol. The summed E-state index contributed by atoms with van der Waals surface area (Å²) in [5, 5.41) is 0. The summed E-state index contributed by atoms with van der Waals surface area (Å²) in [7, 11) is 0. The van der Waals surface area contributed by atoms with Crippen molar-refractivity contribution in [1.82, 2.24) is 0 Å². The molecule has 0 fully saturated rings. The topological polar surface area (TPSA) is 0 Å². The highest BCUT2D eigenvalue weighted by atomic mass is 14.3. The minimum absolute atomic E-state index is 0.378. The zero-order valence-corrected chi connectivity index (χ0v) is 7.65. The number of hydrogen-bond donors (Lipinski definition) is 0. The van der Waals surface area contributed by atoms with Crippen molar-refractivity contribution >= 4 is 0 Å². The largest absolute Gasteiger partial charge is 0.0812 e. The van der Waals surface area contributed by atoms with Crippen LogP contribution in [0.3, 0.4) is 0 Å². The van der Waals surface area contributed by atoms with Gasteiger partial charge in [-0.2, -0.15) is 0 Å². The third-order valence-corrected chi connectivity index (χ3v) is 2.42. The Morgan fingerprint density at radius 3 is 2.30 bits per heavy atom. The Bertz CT molecular complexity index is 101. The first-order chi connectivity index (χ1) is 4.54. The minimum Gasteiger partial charge on any atom is -0.0812 e. The lowest BCUT2D eigenvalue weighted by Crippen LogP contribution is -2.19. The Kier molecular flexibility index (Phi) is 3.70. The summed E-state index contributed by atoms with van der Waals surface area (Å²) in [5.41, 5.74) is 0.378. The molecular weight excluding hydrogens is 120 g/mol. The Hall–Kier alpha value is -0.260. The molecule has 0 saturated heterocycles. The van der Waals surface area contributed by atoms with Crippen molar-refractivity contribution in [1.29, 1.82) is 0 Å². The van der Waals surface area contributed by atoms with E-state index < -0.39 is 0 Å². The van der Waals surface area contributed by atoms with Gasteiger partial charge in [-0.15, -0.1) is 0 Å². The van der Waals surface area contributed by atoms with Gasteiger partial charge in [0.2, 0.25) is 0 Å². The molecule has 0 aromatic rings. The van der Waals surface area contributed by atoms with E-state index in [1.807, 2.05) is 0 Å². The van der Waals surface area contributed by atoms with E-state index in [1.165, 1.54) is 12.8 Å². The smallest absolute Gasteiger partial charge is 0.0207 e. The second-order valence-corrected chi connectivity index (χ2v) is 3.72. The number of allylic oxidation sites excluding steroid dienone is 1. The summed E-state index contributed by atoms with van der Waals surface area (Å²) in [6.45, 7) is 14.4. The summed E-state index contributed by atoms with van der Waals surface area (Å²) in [6, 6.07) is 0. The molecule has 10 heavy (non-hydrogen) atoms. The third-order valence-electron chi connectivity index (χ3n) is 2.42. The van der Waals surface area contributed by atoms with E-state index in [2.05, 4.69) is 27.7 Å². The van der Waals surface area contributed by atoms with Crippen molar-refractivity contribution in [2.24, 2.45) is 11.3 Å². The molecular formula is C10H19. The quantitative estimate of drug-likeness (QED) is 0.559. The van der Waals surface area contributed by atoms with E-state index in [4.69, 9.17) is 6.58 Å². The van der Waals surface area contributed by atoms with E-state index in [1.54, 1.807) is 6.08 Å². The zero-order valence-electron chi connectivity index (χ0n) is 7.65. The maximum atomic E-state index is 5.46. The van der Waals surface area contributed by atoms with Gasteiger partial charge in [-0.05, 0) is 17.8 Å². The van der Waals surface area contributed by atoms with Gasteiger partial charge in [0.1, 0.15) is 0 Å². The van der Waals surface area contributed by atoms with Crippen LogP contribution < -0.4 is 0 Å². The van der Waals surface area contributed by atoms with Gasteiger partial charge in [0.25, 0.3) is 0 Å². The Balaban J connectivity index is 3.94. The lowest BCUT2D eigenvalue weighted by Gasteiger charge is -2.28. The first-order valence-corrected chi connectivity index (χ1v) is 4.09. The maximum Gasteiger partial charge on any atom is -0.0207 e. The minimum atomic E-state index is 0.378. The molecule has 1 atom stereocenters. The molecule has 1 unspecified atom stereocenters. The van der Waals surface area contributed by atoms with E-state index in [-0.39, 0.29) is 0 Å². The van der Waals surface area contributed by atoms with Crippen LogP contribution in [0.1, 0.15) is 40.5 Å². The van der Waals surface area contributed by atoms with Gasteiger partial charge in [0.15, 0.2) is 0 Å². The van der Waals surface area contributed by atoms with Crippen molar-refractivity contribution in [2.75, 3.05) is 0 Å². The Morgan fingerprint density at radius 1 is 1.50 bits per heavy atom. The van der Waals surface area contributed by atoms with Crippen LogP contribution >= 0.6 is 0 Å². The summed E-state index contributed by atoms with van der Waals surface area (Å²) < 4.78 is 0. The molecule has 0 bridgehead atoms. The van der Waals surface area contributed by atoms with Crippen molar-refractivity contribution in [3.05, 3.63) is 12.7 Å². The third kappa shape index (κ3) is 2.55. The van der Waals surface area contributed by atoms with Crippen molar-refractivity contribution in [2.45, 2.75) is 40.5 Å². The van der Waals surface area contributed by atoms with Crippen LogP contribution in [0.2, 0.25) is 0 Å². The monoisotopic (exact) mass is 139 g/mol. The Morgan fingerprint density at radius 2 is 2.00 bits per heavy atom. The first-order valence-electron chi connectivity index (χ1n) is 4.09. The lowest BCUT2D eigenvalue weighted by atomic mass is 9.77. The maximum absolute atomic E-state index is 5.46. The lowest BCUT2D eigenvalue weighted by molar-refractivity contribution is 0.252. The van der Waals surface area contributed by atoms with Gasteiger partial charge in [-0.3, -0.25) is 0 Å². The highest BCUT2D eigenvalue weighted by Gasteiger charge is 2.21. The van der Waals surface area contributed by atoms with Gasteiger partial charge in [-0.1, -0.05) is 46.8 Å². The standard InChI is InChI=1S/C10H19/c1-6-8-10(4,5)9(3)7-2/h2,7,9H,6,8H2,1,3-5H3. The second kappa shape index (κ2) is 3.80. The molecule has 0 saturated carbocycles. The van der Waals surface area contributed by atoms with Gasteiger partial charge < -0.3 is 0 Å². The van der Waals surface area contributed by atoms with Gasteiger partial charge >= 0.3 is 0 Å². The summed E-state index contributed by atoms with van der Waals surface area (Å²) in [6.07, 6.45) is 4.29. The molecule has 0 N–H and O–H groups in total. The highest BCUT2D eigenvalue weighted by Crippen LogP contribution is 2.31.